The van der Waals surface area contributed by atoms with Gasteiger partial charge < -0.3 is 15.8 Å². The van der Waals surface area contributed by atoms with Crippen molar-refractivity contribution in [2.24, 2.45) is 5.73 Å². The van der Waals surface area contributed by atoms with Crippen molar-refractivity contribution in [2.75, 3.05) is 11.9 Å². The van der Waals surface area contributed by atoms with Crippen LogP contribution in [-0.2, 0) is 9.59 Å². The SMILES string of the molecule is CCC(C(=O)Nc1ccc(OCC(N)=O)cc1)c1ccccc1. The van der Waals surface area contributed by atoms with Crippen LogP contribution in [0.15, 0.2) is 54.6 Å². The van der Waals surface area contributed by atoms with Gasteiger partial charge in [-0.25, -0.2) is 0 Å². The lowest BCUT2D eigenvalue weighted by atomic mass is 9.95. The van der Waals surface area contributed by atoms with Crippen molar-refractivity contribution in [3.8, 4) is 5.75 Å². The summed E-state index contributed by atoms with van der Waals surface area (Å²) in [6.45, 7) is 1.82. The fourth-order valence-electron chi connectivity index (χ4n) is 2.28. The number of benzene rings is 2. The topological polar surface area (TPSA) is 81.4 Å². The number of hydrogen-bond donors (Lipinski definition) is 2. The van der Waals surface area contributed by atoms with Gasteiger partial charge in [0.15, 0.2) is 6.61 Å². The number of nitrogens with two attached hydrogens (primary N) is 1. The molecule has 0 aromatic heterocycles. The Morgan fingerprint density at radius 3 is 2.30 bits per heavy atom. The normalized spacial score (nSPS) is 11.5. The zero-order valence-electron chi connectivity index (χ0n) is 13.0. The van der Waals surface area contributed by atoms with Crippen LogP contribution in [0.25, 0.3) is 0 Å². The Bertz CT molecular complexity index is 654. The first kappa shape index (κ1) is 16.5. The summed E-state index contributed by atoms with van der Waals surface area (Å²) in [6, 6.07) is 16.5. The van der Waals surface area contributed by atoms with Crippen molar-refractivity contribution in [2.45, 2.75) is 19.3 Å². The number of carbonyl (C=O) groups is 2. The van der Waals surface area contributed by atoms with Gasteiger partial charge in [0.2, 0.25) is 5.91 Å². The van der Waals surface area contributed by atoms with Gasteiger partial charge in [-0.05, 0) is 36.2 Å². The van der Waals surface area contributed by atoms with E-state index in [0.717, 1.165) is 12.0 Å². The quantitative estimate of drug-likeness (QED) is 0.824. The van der Waals surface area contributed by atoms with Crippen LogP contribution >= 0.6 is 0 Å². The summed E-state index contributed by atoms with van der Waals surface area (Å²) in [5, 5.41) is 2.90. The maximum absolute atomic E-state index is 12.4. The highest BCUT2D eigenvalue weighted by molar-refractivity contribution is 5.95. The molecule has 0 fully saturated rings. The molecule has 1 atom stereocenters. The van der Waals surface area contributed by atoms with Crippen LogP contribution in [0, 0.1) is 0 Å². The molecule has 2 aromatic rings. The van der Waals surface area contributed by atoms with Crippen molar-refractivity contribution < 1.29 is 14.3 Å². The van der Waals surface area contributed by atoms with Gasteiger partial charge in [0.25, 0.3) is 5.91 Å². The van der Waals surface area contributed by atoms with Gasteiger partial charge in [0.1, 0.15) is 5.75 Å². The minimum atomic E-state index is -0.531. The molecule has 5 heteroatoms. The Hall–Kier alpha value is -2.82. The van der Waals surface area contributed by atoms with Gasteiger partial charge in [0.05, 0.1) is 5.92 Å². The molecular weight excluding hydrogens is 292 g/mol. The molecule has 2 aromatic carbocycles. The number of rotatable bonds is 7. The van der Waals surface area contributed by atoms with Crippen molar-refractivity contribution >= 4 is 17.5 Å². The molecule has 0 heterocycles. The van der Waals surface area contributed by atoms with E-state index in [1.54, 1.807) is 24.3 Å². The maximum Gasteiger partial charge on any atom is 0.255 e. The summed E-state index contributed by atoms with van der Waals surface area (Å²) in [5.41, 5.74) is 6.69. The molecule has 0 aliphatic heterocycles. The van der Waals surface area contributed by atoms with Gasteiger partial charge in [0, 0.05) is 5.69 Å². The molecular formula is C18H20N2O3. The monoisotopic (exact) mass is 312 g/mol. The van der Waals surface area contributed by atoms with Crippen LogP contribution in [0.4, 0.5) is 5.69 Å². The molecule has 0 aliphatic carbocycles. The molecule has 0 saturated carbocycles. The molecule has 0 saturated heterocycles. The average Bonchev–Trinajstić information content (AvgIpc) is 2.56. The van der Waals surface area contributed by atoms with Gasteiger partial charge in [-0.3, -0.25) is 9.59 Å². The lowest BCUT2D eigenvalue weighted by molar-refractivity contribution is -0.120. The molecule has 120 valence electrons. The lowest BCUT2D eigenvalue weighted by Crippen LogP contribution is -2.21. The van der Waals surface area contributed by atoms with Crippen LogP contribution in [-0.4, -0.2) is 18.4 Å². The number of carbonyl (C=O) groups excluding carboxylic acids is 2. The number of primary amides is 1. The second kappa shape index (κ2) is 7.98. The van der Waals surface area contributed by atoms with E-state index in [2.05, 4.69) is 5.32 Å². The molecule has 3 N–H and O–H groups in total. The Balaban J connectivity index is 2.00. The van der Waals surface area contributed by atoms with Crippen molar-refractivity contribution in [1.29, 1.82) is 0 Å². The number of hydrogen-bond acceptors (Lipinski definition) is 3. The summed E-state index contributed by atoms with van der Waals surface area (Å²) in [5.74, 6) is -0.251. The summed E-state index contributed by atoms with van der Waals surface area (Å²) >= 11 is 0. The number of nitrogens with one attached hydrogen (secondary N) is 1. The predicted octanol–water partition coefficient (Wildman–Crippen LogP) is 2.68. The van der Waals surface area contributed by atoms with Crippen LogP contribution in [0.1, 0.15) is 24.8 Å². The molecule has 2 amide bonds. The molecule has 2 rings (SSSR count). The van der Waals surface area contributed by atoms with E-state index in [0.29, 0.717) is 11.4 Å². The smallest absolute Gasteiger partial charge is 0.255 e. The molecule has 23 heavy (non-hydrogen) atoms. The fraction of sp³-hybridized carbons (Fsp3) is 0.222. The first-order valence-electron chi connectivity index (χ1n) is 7.47. The molecule has 0 radical (unpaired) electrons. The number of ether oxygens (including phenoxy) is 1. The first-order valence-corrected chi connectivity index (χ1v) is 7.47. The van der Waals surface area contributed by atoms with Crippen LogP contribution in [0.2, 0.25) is 0 Å². The third kappa shape index (κ3) is 4.85. The zero-order valence-corrected chi connectivity index (χ0v) is 13.0. The number of amides is 2. The molecule has 1 unspecified atom stereocenters. The summed E-state index contributed by atoms with van der Waals surface area (Å²) in [7, 11) is 0. The second-order valence-corrected chi connectivity index (χ2v) is 5.14. The van der Waals surface area contributed by atoms with E-state index < -0.39 is 5.91 Å². The third-order valence-electron chi connectivity index (χ3n) is 3.43. The lowest BCUT2D eigenvalue weighted by Gasteiger charge is -2.15. The summed E-state index contributed by atoms with van der Waals surface area (Å²) in [6.07, 6.45) is 0.718. The predicted molar refractivity (Wildman–Crippen MR) is 89.2 cm³/mol. The highest BCUT2D eigenvalue weighted by atomic mass is 16.5. The van der Waals surface area contributed by atoms with E-state index in [1.165, 1.54) is 0 Å². The van der Waals surface area contributed by atoms with E-state index in [1.807, 2.05) is 37.3 Å². The molecule has 0 bridgehead atoms. The average molecular weight is 312 g/mol. The van der Waals surface area contributed by atoms with Crippen molar-refractivity contribution in [3.05, 3.63) is 60.2 Å². The Labute approximate surface area is 135 Å². The third-order valence-corrected chi connectivity index (χ3v) is 3.43. The maximum atomic E-state index is 12.4. The minimum absolute atomic E-state index is 0.0514. The van der Waals surface area contributed by atoms with Crippen molar-refractivity contribution in [1.82, 2.24) is 0 Å². The van der Waals surface area contributed by atoms with Crippen LogP contribution in [0.5, 0.6) is 5.75 Å². The van der Waals surface area contributed by atoms with Crippen molar-refractivity contribution in [3.63, 3.8) is 0 Å². The molecule has 0 aliphatic rings. The van der Waals surface area contributed by atoms with E-state index >= 15 is 0 Å². The summed E-state index contributed by atoms with van der Waals surface area (Å²) < 4.78 is 5.18. The number of anilines is 1. The molecule has 0 spiro atoms. The largest absolute Gasteiger partial charge is 0.484 e. The second-order valence-electron chi connectivity index (χ2n) is 5.14. The standard InChI is InChI=1S/C18H20N2O3/c1-2-16(13-6-4-3-5-7-13)18(22)20-14-8-10-15(11-9-14)23-12-17(19)21/h3-11,16H,2,12H2,1H3,(H2,19,21)(H,20,22). The van der Waals surface area contributed by atoms with E-state index in [-0.39, 0.29) is 18.4 Å². The van der Waals surface area contributed by atoms with Gasteiger partial charge in [-0.15, -0.1) is 0 Å². The Morgan fingerprint density at radius 2 is 1.74 bits per heavy atom. The first-order chi connectivity index (χ1) is 11.1. The van der Waals surface area contributed by atoms with Gasteiger partial charge >= 0.3 is 0 Å². The summed E-state index contributed by atoms with van der Waals surface area (Å²) in [4.78, 5) is 23.1. The Kier molecular flexibility index (Phi) is 5.74. The highest BCUT2D eigenvalue weighted by Gasteiger charge is 2.18. The van der Waals surface area contributed by atoms with E-state index in [4.69, 9.17) is 10.5 Å². The highest BCUT2D eigenvalue weighted by Crippen LogP contribution is 2.22. The minimum Gasteiger partial charge on any atom is -0.484 e. The van der Waals surface area contributed by atoms with Crippen LogP contribution in [0.3, 0.4) is 0 Å². The zero-order chi connectivity index (χ0) is 16.7. The Morgan fingerprint density at radius 1 is 1.09 bits per heavy atom. The van der Waals surface area contributed by atoms with E-state index in [9.17, 15) is 9.59 Å². The van der Waals surface area contributed by atoms with Gasteiger partial charge in [-0.1, -0.05) is 37.3 Å². The van der Waals surface area contributed by atoms with Gasteiger partial charge in [-0.2, -0.15) is 0 Å². The molecule has 5 nitrogen and oxygen atoms in total. The fourth-order valence-corrected chi connectivity index (χ4v) is 2.28. The van der Waals surface area contributed by atoms with Crippen LogP contribution < -0.4 is 15.8 Å².